The number of halogens is 2. The summed E-state index contributed by atoms with van der Waals surface area (Å²) in [6, 6.07) is 18.5. The monoisotopic (exact) mass is 363 g/mol. The third kappa shape index (κ3) is 4.98. The summed E-state index contributed by atoms with van der Waals surface area (Å²) in [5.74, 6) is 0.405. The maximum atomic E-state index is 12.3. The number of carbonyl (C=O) groups excluding carboxylic acids is 1. The van der Waals surface area contributed by atoms with Crippen LogP contribution < -0.4 is 5.32 Å². The molecule has 0 saturated heterocycles. The Morgan fingerprint density at radius 1 is 0.958 bits per heavy atom. The predicted molar refractivity (Wildman–Crippen MR) is 99.9 cm³/mol. The van der Waals surface area contributed by atoms with Crippen molar-refractivity contribution in [1.82, 2.24) is 10.2 Å². The van der Waals surface area contributed by atoms with E-state index in [9.17, 15) is 4.79 Å². The molecule has 24 heavy (non-hydrogen) atoms. The molecule has 0 spiro atoms. The van der Waals surface area contributed by atoms with E-state index in [2.05, 4.69) is 10.3 Å². The first-order chi connectivity index (χ1) is 11.5. The number of nitrogens with zero attached hydrogens (tertiary/aromatic N) is 2. The van der Waals surface area contributed by atoms with E-state index in [0.717, 1.165) is 5.56 Å². The first-order valence-corrected chi connectivity index (χ1v) is 8.31. The highest BCUT2D eigenvalue weighted by Crippen LogP contribution is 2.13. The normalized spacial score (nSPS) is 12.8. The molecule has 1 atom stereocenters. The number of carbonyl (C=O) groups is 1. The summed E-state index contributed by atoms with van der Waals surface area (Å²) in [4.78, 5) is 17.9. The summed E-state index contributed by atoms with van der Waals surface area (Å²) >= 11 is 12.1. The third-order valence-electron chi connectivity index (χ3n) is 3.27. The van der Waals surface area contributed by atoms with Crippen molar-refractivity contribution < 1.29 is 4.79 Å². The smallest absolute Gasteiger partial charge is 0.252 e. The largest absolute Gasteiger partial charge is 0.362 e. The number of hydrogen-bond acceptors (Lipinski definition) is 2. The van der Waals surface area contributed by atoms with Gasteiger partial charge in [0, 0.05) is 25.2 Å². The van der Waals surface area contributed by atoms with Crippen LogP contribution in [0.3, 0.4) is 0 Å². The van der Waals surface area contributed by atoms with Gasteiger partial charge in [-0.05, 0) is 12.1 Å². The quantitative estimate of drug-likeness (QED) is 0.501. The molecule has 0 fully saturated rings. The van der Waals surface area contributed by atoms with Gasteiger partial charge < -0.3 is 10.2 Å². The van der Waals surface area contributed by atoms with E-state index < -0.39 is 11.0 Å². The summed E-state index contributed by atoms with van der Waals surface area (Å²) in [6.45, 7) is 0. The van der Waals surface area contributed by atoms with Gasteiger partial charge in [-0.3, -0.25) is 4.79 Å². The van der Waals surface area contributed by atoms with Gasteiger partial charge in [0.25, 0.3) is 5.91 Å². The van der Waals surface area contributed by atoms with Gasteiger partial charge in [-0.1, -0.05) is 48.5 Å². The van der Waals surface area contributed by atoms with Crippen LogP contribution in [-0.4, -0.2) is 41.7 Å². The van der Waals surface area contributed by atoms with Crippen LogP contribution in [0.1, 0.15) is 15.9 Å². The highest BCUT2D eigenvalue weighted by Gasteiger charge is 2.21. The Morgan fingerprint density at radius 3 is 1.92 bits per heavy atom. The van der Waals surface area contributed by atoms with E-state index in [-0.39, 0.29) is 5.91 Å². The van der Waals surface area contributed by atoms with E-state index in [0.29, 0.717) is 11.4 Å². The van der Waals surface area contributed by atoms with Crippen LogP contribution in [0, 0.1) is 0 Å². The molecule has 0 aliphatic carbocycles. The van der Waals surface area contributed by atoms with Crippen molar-refractivity contribution in [3.05, 3.63) is 71.8 Å². The zero-order valence-electron chi connectivity index (χ0n) is 13.5. The number of alkyl halides is 2. The Hall–Kier alpha value is -2.04. The van der Waals surface area contributed by atoms with Gasteiger partial charge in [0.05, 0.1) is 0 Å². The van der Waals surface area contributed by atoms with Crippen LogP contribution in [0.5, 0.6) is 0 Å². The molecule has 0 aliphatic heterocycles. The molecule has 0 heterocycles. The van der Waals surface area contributed by atoms with Gasteiger partial charge in [-0.2, -0.15) is 0 Å². The Kier molecular flexibility index (Phi) is 6.64. The van der Waals surface area contributed by atoms with Crippen molar-refractivity contribution in [3.63, 3.8) is 0 Å². The van der Waals surface area contributed by atoms with E-state index in [1.54, 1.807) is 24.3 Å². The molecule has 0 saturated carbocycles. The zero-order valence-corrected chi connectivity index (χ0v) is 15.0. The highest BCUT2D eigenvalue weighted by molar-refractivity contribution is 6.45. The van der Waals surface area contributed by atoms with E-state index in [1.807, 2.05) is 55.4 Å². The first-order valence-electron chi connectivity index (χ1n) is 7.43. The predicted octanol–water partition coefficient (Wildman–Crippen LogP) is 3.55. The van der Waals surface area contributed by atoms with Crippen LogP contribution in [0.4, 0.5) is 0 Å². The molecule has 2 aromatic carbocycles. The van der Waals surface area contributed by atoms with Gasteiger partial charge >= 0.3 is 0 Å². The lowest BCUT2D eigenvalue weighted by Crippen LogP contribution is -2.40. The lowest BCUT2D eigenvalue weighted by atomic mass is 10.2. The number of nitrogens with one attached hydrogen (secondary N) is 1. The molecule has 0 aromatic heterocycles. The first kappa shape index (κ1) is 18.3. The maximum Gasteiger partial charge on any atom is 0.252 e. The Labute approximate surface area is 152 Å². The molecule has 0 bridgehead atoms. The van der Waals surface area contributed by atoms with Gasteiger partial charge in [-0.15, -0.1) is 23.2 Å². The van der Waals surface area contributed by atoms with Crippen molar-refractivity contribution in [1.29, 1.82) is 0 Å². The summed E-state index contributed by atoms with van der Waals surface area (Å²) in [5.41, 5.74) is 1.44. The van der Waals surface area contributed by atoms with Crippen LogP contribution in [0.25, 0.3) is 0 Å². The average Bonchev–Trinajstić information content (AvgIpc) is 2.59. The number of aliphatic imine (C=N–C) groups is 1. The Bertz CT molecular complexity index is 688. The summed E-state index contributed by atoms with van der Waals surface area (Å²) < 4.78 is 0. The molecule has 126 valence electrons. The molecule has 4 nitrogen and oxygen atoms in total. The highest BCUT2D eigenvalue weighted by atomic mass is 35.5. The summed E-state index contributed by atoms with van der Waals surface area (Å²) in [5, 5.41) is 2.77. The molecule has 2 rings (SSSR count). The zero-order chi connectivity index (χ0) is 17.5. The van der Waals surface area contributed by atoms with E-state index in [4.69, 9.17) is 23.2 Å². The molecule has 6 heteroatoms. The van der Waals surface area contributed by atoms with Crippen LogP contribution in [0.15, 0.2) is 65.7 Å². The topological polar surface area (TPSA) is 44.7 Å². The summed E-state index contributed by atoms with van der Waals surface area (Å²) in [7, 11) is 3.75. The molecule has 1 amide bonds. The number of amides is 1. The van der Waals surface area contributed by atoms with Crippen molar-refractivity contribution >= 4 is 34.9 Å². The van der Waals surface area contributed by atoms with Crippen molar-refractivity contribution in [3.8, 4) is 0 Å². The van der Waals surface area contributed by atoms with Crippen molar-refractivity contribution in [2.75, 3.05) is 14.1 Å². The minimum absolute atomic E-state index is 0.276. The van der Waals surface area contributed by atoms with Gasteiger partial charge in [-0.25, -0.2) is 4.99 Å². The van der Waals surface area contributed by atoms with Crippen LogP contribution in [-0.2, 0) is 0 Å². The SMILES string of the molecule is CN(C)/C(=N/C(NC(=O)c1ccccc1)C(Cl)Cl)c1ccccc1. The number of amidine groups is 1. The van der Waals surface area contributed by atoms with Crippen molar-refractivity contribution in [2.45, 2.75) is 11.0 Å². The van der Waals surface area contributed by atoms with Gasteiger partial charge in [0.15, 0.2) is 6.17 Å². The van der Waals surface area contributed by atoms with Crippen molar-refractivity contribution in [2.24, 2.45) is 4.99 Å². The molecule has 0 aliphatic rings. The summed E-state index contributed by atoms with van der Waals surface area (Å²) in [6.07, 6.45) is -0.765. The third-order valence-corrected chi connectivity index (χ3v) is 3.75. The lowest BCUT2D eigenvalue weighted by Gasteiger charge is -2.22. The van der Waals surface area contributed by atoms with E-state index >= 15 is 0 Å². The fourth-order valence-electron chi connectivity index (χ4n) is 2.13. The van der Waals surface area contributed by atoms with Crippen LogP contribution >= 0.6 is 23.2 Å². The molecule has 1 N–H and O–H groups in total. The molecular weight excluding hydrogens is 345 g/mol. The standard InChI is InChI=1S/C18H19Cl2N3O/c1-23(2)17(13-9-5-3-6-10-13)21-16(15(19)20)22-18(24)14-11-7-4-8-12-14/h3-12,15-16H,1-2H3,(H,22,24)/b21-17+. The van der Waals surface area contributed by atoms with E-state index in [1.165, 1.54) is 0 Å². The second kappa shape index (κ2) is 8.71. The number of benzene rings is 2. The van der Waals surface area contributed by atoms with Gasteiger partial charge in [0.1, 0.15) is 10.7 Å². The van der Waals surface area contributed by atoms with Gasteiger partial charge in [0.2, 0.25) is 0 Å². The fourth-order valence-corrected chi connectivity index (χ4v) is 2.36. The second-order valence-electron chi connectivity index (χ2n) is 5.33. The lowest BCUT2D eigenvalue weighted by molar-refractivity contribution is 0.0940. The molecule has 0 radical (unpaired) electrons. The number of hydrogen-bond donors (Lipinski definition) is 1. The number of rotatable bonds is 5. The average molecular weight is 364 g/mol. The fraction of sp³-hybridized carbons (Fsp3) is 0.222. The maximum absolute atomic E-state index is 12.3. The Morgan fingerprint density at radius 2 is 1.46 bits per heavy atom. The minimum Gasteiger partial charge on any atom is -0.362 e. The van der Waals surface area contributed by atoms with Crippen LogP contribution in [0.2, 0.25) is 0 Å². The minimum atomic E-state index is -0.878. The Balaban J connectivity index is 2.27. The molecule has 2 aromatic rings. The molecule has 1 unspecified atom stereocenters. The molecular formula is C18H19Cl2N3O. The second-order valence-corrected chi connectivity index (χ2v) is 6.50.